The minimum Gasteiger partial charge on any atom is -0.312 e. The molecule has 0 N–H and O–H groups in total. The van der Waals surface area contributed by atoms with Gasteiger partial charge in [0.15, 0.2) is 0 Å². The second-order valence-corrected chi connectivity index (χ2v) is 8.22. The zero-order valence-corrected chi connectivity index (χ0v) is 17.4. The number of amides is 1. The van der Waals surface area contributed by atoms with Gasteiger partial charge in [-0.15, -0.1) is 0 Å². The van der Waals surface area contributed by atoms with E-state index in [0.717, 1.165) is 29.6 Å². The number of carbonyl (C=O) groups excluding carboxylic acids is 1. The number of anilines is 1. The van der Waals surface area contributed by atoms with Gasteiger partial charge in [0.2, 0.25) is 5.91 Å². The predicted octanol–water partition coefficient (Wildman–Crippen LogP) is 5.09. The highest BCUT2D eigenvalue weighted by atomic mass is 19.4. The van der Waals surface area contributed by atoms with Crippen molar-refractivity contribution in [3.63, 3.8) is 0 Å². The average molecular weight is 407 g/mol. The number of aromatic nitrogens is 2. The summed E-state index contributed by atoms with van der Waals surface area (Å²) < 4.78 is 41.0. The highest BCUT2D eigenvalue weighted by molar-refractivity contribution is 5.94. The van der Waals surface area contributed by atoms with Gasteiger partial charge in [-0.2, -0.15) is 18.3 Å². The SMILES string of the molecule is Cc1nn(CC(C)C)c(C)c1CCC(=O)N1CCCc2cc(C(F)(F)F)ccc21. The number of nitrogens with zero attached hydrogens (tertiary/aromatic N) is 3. The second-order valence-electron chi connectivity index (χ2n) is 8.22. The zero-order chi connectivity index (χ0) is 21.3. The van der Waals surface area contributed by atoms with Crippen LogP contribution < -0.4 is 4.90 Å². The number of aryl methyl sites for hydroxylation is 2. The number of alkyl halides is 3. The van der Waals surface area contributed by atoms with Crippen molar-refractivity contribution in [1.82, 2.24) is 9.78 Å². The Balaban J connectivity index is 1.74. The molecule has 0 aliphatic carbocycles. The van der Waals surface area contributed by atoms with Crippen LogP contribution in [0.25, 0.3) is 0 Å². The van der Waals surface area contributed by atoms with E-state index in [-0.39, 0.29) is 5.91 Å². The maximum absolute atomic E-state index is 13.0. The fraction of sp³-hybridized carbons (Fsp3) is 0.545. The van der Waals surface area contributed by atoms with Crippen LogP contribution in [0.1, 0.15) is 54.8 Å². The maximum Gasteiger partial charge on any atom is 0.416 e. The topological polar surface area (TPSA) is 38.1 Å². The van der Waals surface area contributed by atoms with Gasteiger partial charge >= 0.3 is 6.18 Å². The number of rotatable bonds is 5. The smallest absolute Gasteiger partial charge is 0.312 e. The van der Waals surface area contributed by atoms with Crippen molar-refractivity contribution >= 4 is 11.6 Å². The first kappa shape index (κ1) is 21.4. The molecule has 0 spiro atoms. The van der Waals surface area contributed by atoms with Crippen LogP contribution in [0.3, 0.4) is 0 Å². The molecule has 1 aliphatic heterocycles. The third-order valence-corrected chi connectivity index (χ3v) is 5.48. The highest BCUT2D eigenvalue weighted by Gasteiger charge is 2.32. The number of halogens is 3. The molecule has 1 aromatic carbocycles. The summed E-state index contributed by atoms with van der Waals surface area (Å²) in [5, 5.41) is 4.59. The molecule has 158 valence electrons. The maximum atomic E-state index is 13.0. The first-order chi connectivity index (χ1) is 13.6. The molecule has 1 aliphatic rings. The Morgan fingerprint density at radius 2 is 1.97 bits per heavy atom. The predicted molar refractivity (Wildman–Crippen MR) is 107 cm³/mol. The molecule has 1 aromatic heterocycles. The van der Waals surface area contributed by atoms with Crippen molar-refractivity contribution < 1.29 is 18.0 Å². The van der Waals surface area contributed by atoms with E-state index in [1.807, 2.05) is 18.5 Å². The molecule has 4 nitrogen and oxygen atoms in total. The van der Waals surface area contributed by atoms with Gasteiger partial charge in [-0.05, 0) is 68.4 Å². The van der Waals surface area contributed by atoms with Crippen LogP contribution >= 0.6 is 0 Å². The summed E-state index contributed by atoms with van der Waals surface area (Å²) in [6, 6.07) is 3.68. The fourth-order valence-electron chi connectivity index (χ4n) is 4.02. The molecule has 1 amide bonds. The molecule has 0 saturated heterocycles. The average Bonchev–Trinajstić information content (AvgIpc) is 2.90. The molecular weight excluding hydrogens is 379 g/mol. The summed E-state index contributed by atoms with van der Waals surface area (Å²) in [5.41, 5.74) is 3.65. The fourth-order valence-corrected chi connectivity index (χ4v) is 4.02. The molecule has 0 fully saturated rings. The molecule has 0 saturated carbocycles. The van der Waals surface area contributed by atoms with E-state index in [9.17, 15) is 18.0 Å². The van der Waals surface area contributed by atoms with Crippen LogP contribution in [0.2, 0.25) is 0 Å². The van der Waals surface area contributed by atoms with Crippen LogP contribution in [0.15, 0.2) is 18.2 Å². The van der Waals surface area contributed by atoms with E-state index in [0.29, 0.717) is 49.4 Å². The summed E-state index contributed by atoms with van der Waals surface area (Å²) in [7, 11) is 0. The molecule has 0 atom stereocenters. The number of fused-ring (bicyclic) bond motifs is 1. The molecule has 0 bridgehead atoms. The number of hydrogen-bond acceptors (Lipinski definition) is 2. The number of carbonyl (C=O) groups is 1. The summed E-state index contributed by atoms with van der Waals surface area (Å²) in [5.74, 6) is 0.426. The summed E-state index contributed by atoms with van der Waals surface area (Å²) in [6.45, 7) is 9.63. The lowest BCUT2D eigenvalue weighted by molar-refractivity contribution is -0.137. The Labute approximate surface area is 169 Å². The third kappa shape index (κ3) is 4.65. The Hall–Kier alpha value is -2.31. The van der Waals surface area contributed by atoms with E-state index in [4.69, 9.17) is 0 Å². The molecular formula is C22H28F3N3O. The highest BCUT2D eigenvalue weighted by Crippen LogP contribution is 2.35. The first-order valence-electron chi connectivity index (χ1n) is 10.1. The molecule has 0 radical (unpaired) electrons. The first-order valence-corrected chi connectivity index (χ1v) is 10.1. The Kier molecular flexibility index (Phi) is 6.05. The lowest BCUT2D eigenvalue weighted by atomic mass is 9.98. The van der Waals surface area contributed by atoms with Crippen LogP contribution in [0, 0.1) is 19.8 Å². The van der Waals surface area contributed by atoms with E-state index in [2.05, 4.69) is 18.9 Å². The summed E-state index contributed by atoms with van der Waals surface area (Å²) in [4.78, 5) is 14.5. The van der Waals surface area contributed by atoms with Crippen molar-refractivity contribution in [3.05, 3.63) is 46.3 Å². The van der Waals surface area contributed by atoms with E-state index in [1.165, 1.54) is 12.1 Å². The second kappa shape index (κ2) is 8.20. The van der Waals surface area contributed by atoms with Gasteiger partial charge in [0.05, 0.1) is 11.3 Å². The lowest BCUT2D eigenvalue weighted by Gasteiger charge is -2.30. The minimum atomic E-state index is -4.37. The molecule has 29 heavy (non-hydrogen) atoms. The summed E-state index contributed by atoms with van der Waals surface area (Å²) >= 11 is 0. The van der Waals surface area contributed by atoms with Crippen LogP contribution in [-0.4, -0.2) is 22.2 Å². The van der Waals surface area contributed by atoms with Gasteiger partial charge < -0.3 is 4.90 Å². The normalized spacial score (nSPS) is 14.4. The number of hydrogen-bond donors (Lipinski definition) is 0. The van der Waals surface area contributed by atoms with Gasteiger partial charge in [0.1, 0.15) is 0 Å². The monoisotopic (exact) mass is 407 g/mol. The van der Waals surface area contributed by atoms with Crippen LogP contribution in [-0.2, 0) is 30.4 Å². The van der Waals surface area contributed by atoms with E-state index in [1.54, 1.807) is 4.90 Å². The van der Waals surface area contributed by atoms with Crippen molar-refractivity contribution in [1.29, 1.82) is 0 Å². The molecule has 2 aromatic rings. The Morgan fingerprint density at radius 1 is 1.24 bits per heavy atom. The van der Waals surface area contributed by atoms with Gasteiger partial charge in [0.25, 0.3) is 0 Å². The van der Waals surface area contributed by atoms with Crippen molar-refractivity contribution in [2.45, 2.75) is 66.1 Å². The van der Waals surface area contributed by atoms with Crippen molar-refractivity contribution in [3.8, 4) is 0 Å². The van der Waals surface area contributed by atoms with Gasteiger partial charge in [-0.25, -0.2) is 0 Å². The number of benzene rings is 1. The van der Waals surface area contributed by atoms with Gasteiger partial charge in [-0.1, -0.05) is 13.8 Å². The zero-order valence-electron chi connectivity index (χ0n) is 17.4. The largest absolute Gasteiger partial charge is 0.416 e. The van der Waals surface area contributed by atoms with Gasteiger partial charge in [0, 0.05) is 30.9 Å². The Morgan fingerprint density at radius 3 is 2.62 bits per heavy atom. The molecule has 3 rings (SSSR count). The summed E-state index contributed by atoms with van der Waals surface area (Å²) in [6.07, 6.45) is -2.24. The van der Waals surface area contributed by atoms with E-state index < -0.39 is 11.7 Å². The minimum absolute atomic E-state index is 0.0545. The lowest BCUT2D eigenvalue weighted by Crippen LogP contribution is -2.35. The quantitative estimate of drug-likeness (QED) is 0.693. The van der Waals surface area contributed by atoms with Gasteiger partial charge in [-0.3, -0.25) is 9.48 Å². The Bertz CT molecular complexity index is 899. The standard InChI is InChI=1S/C22H28F3N3O/c1-14(2)13-28-16(4)19(15(3)26-28)8-10-21(29)27-11-5-6-17-12-18(22(23,24)25)7-9-20(17)27/h7,9,12,14H,5-6,8,10-11,13H2,1-4H3. The molecule has 2 heterocycles. The van der Waals surface area contributed by atoms with E-state index >= 15 is 0 Å². The van der Waals surface area contributed by atoms with Crippen LogP contribution in [0.5, 0.6) is 0 Å². The third-order valence-electron chi connectivity index (χ3n) is 5.48. The molecule has 0 unspecified atom stereocenters. The van der Waals surface area contributed by atoms with Crippen LogP contribution in [0.4, 0.5) is 18.9 Å². The molecule has 7 heteroatoms. The van der Waals surface area contributed by atoms with Crippen molar-refractivity contribution in [2.75, 3.05) is 11.4 Å². The van der Waals surface area contributed by atoms with Crippen molar-refractivity contribution in [2.24, 2.45) is 5.92 Å².